The molecule has 4 nitrogen and oxygen atoms in total. The number of alkyl halides is 3. The molecular formula is C19H16F3N3O. The standard InChI is InChI=1S/C19H16F3N3O/c20-19(21,22)15-8-4-7-14(11-15)18(26)23-10-9-16-12-24-17(25-16)13-5-2-1-3-6-13/h1-8,11-12H,9-10H2,(H,23,26)(H,24,25). The number of H-pyrrole nitrogens is 1. The summed E-state index contributed by atoms with van der Waals surface area (Å²) in [5, 5.41) is 2.62. The first-order valence-electron chi connectivity index (χ1n) is 7.98. The van der Waals surface area contributed by atoms with Gasteiger partial charge in [0, 0.05) is 36.0 Å². The van der Waals surface area contributed by atoms with E-state index in [1.165, 1.54) is 12.1 Å². The Bertz CT molecular complexity index is 888. The summed E-state index contributed by atoms with van der Waals surface area (Å²) in [5.74, 6) is 0.184. The van der Waals surface area contributed by atoms with Crippen molar-refractivity contribution < 1.29 is 18.0 Å². The first-order chi connectivity index (χ1) is 12.4. The van der Waals surface area contributed by atoms with E-state index in [2.05, 4.69) is 15.3 Å². The second-order valence-corrected chi connectivity index (χ2v) is 5.71. The number of aromatic amines is 1. The number of halogens is 3. The molecule has 1 aromatic heterocycles. The van der Waals surface area contributed by atoms with Crippen LogP contribution in [0, 0.1) is 0 Å². The number of rotatable bonds is 5. The Balaban J connectivity index is 1.57. The highest BCUT2D eigenvalue weighted by Crippen LogP contribution is 2.29. The summed E-state index contributed by atoms with van der Waals surface area (Å²) >= 11 is 0. The number of amides is 1. The summed E-state index contributed by atoms with van der Waals surface area (Å²) in [4.78, 5) is 19.5. The van der Waals surface area contributed by atoms with Crippen molar-refractivity contribution in [2.24, 2.45) is 0 Å². The molecule has 0 atom stereocenters. The lowest BCUT2D eigenvalue weighted by Gasteiger charge is -2.09. The van der Waals surface area contributed by atoms with E-state index in [1.54, 1.807) is 6.20 Å². The SMILES string of the molecule is O=C(NCCc1cnc(-c2ccccc2)[nH]1)c1cccc(C(F)(F)F)c1. The van der Waals surface area contributed by atoms with E-state index in [1.807, 2.05) is 30.3 Å². The average Bonchev–Trinajstić information content (AvgIpc) is 3.11. The van der Waals surface area contributed by atoms with E-state index in [9.17, 15) is 18.0 Å². The zero-order valence-corrected chi connectivity index (χ0v) is 13.7. The summed E-state index contributed by atoms with van der Waals surface area (Å²) in [5.41, 5.74) is 0.917. The monoisotopic (exact) mass is 359 g/mol. The molecule has 0 radical (unpaired) electrons. The van der Waals surface area contributed by atoms with E-state index in [4.69, 9.17) is 0 Å². The van der Waals surface area contributed by atoms with Crippen LogP contribution >= 0.6 is 0 Å². The number of hydrogen-bond donors (Lipinski definition) is 2. The van der Waals surface area contributed by atoms with E-state index in [0.717, 1.165) is 29.2 Å². The molecule has 0 fully saturated rings. The lowest BCUT2D eigenvalue weighted by Crippen LogP contribution is -2.26. The lowest BCUT2D eigenvalue weighted by molar-refractivity contribution is -0.137. The first-order valence-corrected chi connectivity index (χ1v) is 7.98. The summed E-state index contributed by atoms with van der Waals surface area (Å²) in [6.07, 6.45) is -2.30. The minimum Gasteiger partial charge on any atom is -0.352 e. The van der Waals surface area contributed by atoms with Gasteiger partial charge in [0.05, 0.1) is 5.56 Å². The Morgan fingerprint density at radius 1 is 1.08 bits per heavy atom. The van der Waals surface area contributed by atoms with Crippen molar-refractivity contribution in [1.82, 2.24) is 15.3 Å². The molecule has 0 aliphatic carbocycles. The Morgan fingerprint density at radius 2 is 1.85 bits per heavy atom. The Morgan fingerprint density at radius 3 is 2.58 bits per heavy atom. The van der Waals surface area contributed by atoms with Gasteiger partial charge in [-0.2, -0.15) is 13.2 Å². The molecule has 3 aromatic rings. The topological polar surface area (TPSA) is 57.8 Å². The number of aromatic nitrogens is 2. The third kappa shape index (κ3) is 4.30. The van der Waals surface area contributed by atoms with Gasteiger partial charge >= 0.3 is 6.18 Å². The molecule has 2 aromatic carbocycles. The number of nitrogens with one attached hydrogen (secondary N) is 2. The molecule has 0 bridgehead atoms. The number of carbonyl (C=O) groups excluding carboxylic acids is 1. The average molecular weight is 359 g/mol. The maximum atomic E-state index is 12.7. The van der Waals surface area contributed by atoms with Crippen molar-refractivity contribution in [1.29, 1.82) is 0 Å². The van der Waals surface area contributed by atoms with Crippen LogP contribution in [0.15, 0.2) is 60.8 Å². The van der Waals surface area contributed by atoms with Gasteiger partial charge in [-0.05, 0) is 18.2 Å². The summed E-state index contributed by atoms with van der Waals surface area (Å²) in [6, 6.07) is 13.9. The molecule has 2 N–H and O–H groups in total. The maximum Gasteiger partial charge on any atom is 0.416 e. The third-order valence-corrected chi connectivity index (χ3v) is 3.81. The van der Waals surface area contributed by atoms with Gasteiger partial charge in [0.1, 0.15) is 5.82 Å². The van der Waals surface area contributed by atoms with Crippen LogP contribution in [0.2, 0.25) is 0 Å². The molecule has 3 rings (SSSR count). The van der Waals surface area contributed by atoms with Crippen LogP contribution in [0.4, 0.5) is 13.2 Å². The third-order valence-electron chi connectivity index (χ3n) is 3.81. The number of carbonyl (C=O) groups is 1. The van der Waals surface area contributed by atoms with Crippen LogP contribution in [-0.2, 0) is 12.6 Å². The fourth-order valence-corrected chi connectivity index (χ4v) is 2.48. The second-order valence-electron chi connectivity index (χ2n) is 5.71. The van der Waals surface area contributed by atoms with Gasteiger partial charge in [-0.3, -0.25) is 4.79 Å². The van der Waals surface area contributed by atoms with Crippen LogP contribution in [0.5, 0.6) is 0 Å². The molecule has 7 heteroatoms. The lowest BCUT2D eigenvalue weighted by atomic mass is 10.1. The molecule has 0 aliphatic rings. The van der Waals surface area contributed by atoms with Gasteiger partial charge in [0.2, 0.25) is 0 Å². The number of hydrogen-bond acceptors (Lipinski definition) is 2. The molecule has 134 valence electrons. The number of nitrogens with zero attached hydrogens (tertiary/aromatic N) is 1. The number of imidazole rings is 1. The van der Waals surface area contributed by atoms with E-state index >= 15 is 0 Å². The summed E-state index contributed by atoms with van der Waals surface area (Å²) < 4.78 is 38.1. The Hall–Kier alpha value is -3.09. The highest BCUT2D eigenvalue weighted by Gasteiger charge is 2.30. The van der Waals surface area contributed by atoms with E-state index < -0.39 is 17.6 Å². The van der Waals surface area contributed by atoms with Gasteiger partial charge in [-0.15, -0.1) is 0 Å². The number of benzene rings is 2. The van der Waals surface area contributed by atoms with Crippen molar-refractivity contribution in [3.63, 3.8) is 0 Å². The van der Waals surface area contributed by atoms with Gasteiger partial charge in [-0.25, -0.2) is 4.98 Å². The van der Waals surface area contributed by atoms with Crippen LogP contribution in [0.1, 0.15) is 21.6 Å². The van der Waals surface area contributed by atoms with Gasteiger partial charge < -0.3 is 10.3 Å². The molecule has 26 heavy (non-hydrogen) atoms. The highest BCUT2D eigenvalue weighted by atomic mass is 19.4. The van der Waals surface area contributed by atoms with Crippen LogP contribution in [-0.4, -0.2) is 22.4 Å². The Kier molecular flexibility index (Phi) is 5.06. The quantitative estimate of drug-likeness (QED) is 0.722. The van der Waals surface area contributed by atoms with Gasteiger partial charge in [0.15, 0.2) is 0 Å². The molecule has 1 amide bonds. The molecule has 0 aliphatic heterocycles. The van der Waals surface area contributed by atoms with Gasteiger partial charge in [-0.1, -0.05) is 36.4 Å². The first kappa shape index (κ1) is 17.7. The summed E-state index contributed by atoms with van der Waals surface area (Å²) in [6.45, 7) is 0.283. The second kappa shape index (κ2) is 7.43. The molecule has 0 unspecified atom stereocenters. The maximum absolute atomic E-state index is 12.7. The molecule has 0 saturated heterocycles. The van der Waals surface area contributed by atoms with Crippen LogP contribution < -0.4 is 5.32 Å². The van der Waals surface area contributed by atoms with Crippen molar-refractivity contribution in [2.75, 3.05) is 6.54 Å². The Labute approximate surface area is 148 Å². The fourth-order valence-electron chi connectivity index (χ4n) is 2.48. The van der Waals surface area contributed by atoms with Crippen molar-refractivity contribution in [2.45, 2.75) is 12.6 Å². The molecular weight excluding hydrogens is 343 g/mol. The molecule has 1 heterocycles. The van der Waals surface area contributed by atoms with Crippen molar-refractivity contribution >= 4 is 5.91 Å². The van der Waals surface area contributed by atoms with Crippen molar-refractivity contribution in [3.05, 3.63) is 77.6 Å². The van der Waals surface area contributed by atoms with E-state index in [-0.39, 0.29) is 12.1 Å². The highest BCUT2D eigenvalue weighted by molar-refractivity contribution is 5.94. The minimum absolute atomic E-state index is 0.0191. The summed E-state index contributed by atoms with van der Waals surface area (Å²) in [7, 11) is 0. The van der Waals surface area contributed by atoms with E-state index in [0.29, 0.717) is 6.42 Å². The largest absolute Gasteiger partial charge is 0.416 e. The predicted octanol–water partition coefficient (Wildman–Crippen LogP) is 4.07. The zero-order chi connectivity index (χ0) is 18.6. The van der Waals surface area contributed by atoms with Crippen LogP contribution in [0.3, 0.4) is 0 Å². The fraction of sp³-hybridized carbons (Fsp3) is 0.158. The van der Waals surface area contributed by atoms with Crippen molar-refractivity contribution in [3.8, 4) is 11.4 Å². The zero-order valence-electron chi connectivity index (χ0n) is 13.7. The molecule has 0 saturated carbocycles. The normalized spacial score (nSPS) is 11.3. The minimum atomic E-state index is -4.47. The molecule has 0 spiro atoms. The van der Waals surface area contributed by atoms with Gasteiger partial charge in [0.25, 0.3) is 5.91 Å². The predicted molar refractivity (Wildman–Crippen MR) is 91.5 cm³/mol. The smallest absolute Gasteiger partial charge is 0.352 e. The van der Waals surface area contributed by atoms with Crippen LogP contribution in [0.25, 0.3) is 11.4 Å².